The molecule has 0 saturated carbocycles. The summed E-state index contributed by atoms with van der Waals surface area (Å²) < 4.78 is 33.4. The highest BCUT2D eigenvalue weighted by molar-refractivity contribution is 7.89. The van der Waals surface area contributed by atoms with E-state index in [1.807, 2.05) is 30.3 Å². The molecule has 0 amide bonds. The van der Waals surface area contributed by atoms with Crippen molar-refractivity contribution in [3.63, 3.8) is 0 Å². The minimum absolute atomic E-state index is 0.190. The van der Waals surface area contributed by atoms with Gasteiger partial charge in [0.25, 0.3) is 0 Å². The van der Waals surface area contributed by atoms with Crippen LogP contribution in [0.2, 0.25) is 0 Å². The van der Waals surface area contributed by atoms with Crippen LogP contribution in [0.3, 0.4) is 0 Å². The normalized spacial score (nSPS) is 19.0. The van der Waals surface area contributed by atoms with Crippen LogP contribution in [0.4, 0.5) is 0 Å². The predicted molar refractivity (Wildman–Crippen MR) is 89.1 cm³/mol. The van der Waals surface area contributed by atoms with Gasteiger partial charge in [0.05, 0.1) is 11.8 Å². The Labute approximate surface area is 134 Å². The Morgan fingerprint density at radius 1 is 1.18 bits per heavy atom. The molecule has 2 rings (SSSR count). The van der Waals surface area contributed by atoms with E-state index in [0.29, 0.717) is 13.2 Å². The molecule has 1 heterocycles. The molecule has 1 saturated heterocycles. The van der Waals surface area contributed by atoms with E-state index in [2.05, 4.69) is 25.5 Å². The van der Waals surface area contributed by atoms with Crippen LogP contribution in [0.25, 0.3) is 0 Å². The third-order valence-electron chi connectivity index (χ3n) is 4.09. The molecule has 1 aliphatic rings. The van der Waals surface area contributed by atoms with Gasteiger partial charge in [-0.15, -0.1) is 0 Å². The van der Waals surface area contributed by atoms with Gasteiger partial charge in [0.1, 0.15) is 0 Å². The molecule has 1 atom stereocenters. The molecule has 0 radical (unpaired) electrons. The number of nitrogens with one attached hydrogen (secondary N) is 1. The second kappa shape index (κ2) is 7.11. The summed E-state index contributed by atoms with van der Waals surface area (Å²) in [5.41, 5.74) is 0.815. The smallest absolute Gasteiger partial charge is 0.212 e. The van der Waals surface area contributed by atoms with Crippen LogP contribution in [0.5, 0.6) is 0 Å². The van der Waals surface area contributed by atoms with E-state index in [4.69, 9.17) is 4.74 Å². The van der Waals surface area contributed by atoms with Gasteiger partial charge < -0.3 is 4.74 Å². The van der Waals surface area contributed by atoms with Crippen LogP contribution in [-0.4, -0.2) is 27.4 Å². The fourth-order valence-electron chi connectivity index (χ4n) is 2.84. The molecule has 0 aliphatic carbocycles. The van der Waals surface area contributed by atoms with Gasteiger partial charge in [-0.2, -0.15) is 0 Å². The molecule has 124 valence electrons. The van der Waals surface area contributed by atoms with Crippen LogP contribution in [0.15, 0.2) is 30.3 Å². The maximum atomic E-state index is 12.6. The molecule has 1 aliphatic heterocycles. The van der Waals surface area contributed by atoms with E-state index in [0.717, 1.165) is 18.4 Å². The maximum Gasteiger partial charge on any atom is 0.212 e. The van der Waals surface area contributed by atoms with Crippen molar-refractivity contribution in [1.29, 1.82) is 0 Å². The molecule has 4 nitrogen and oxygen atoms in total. The largest absolute Gasteiger partial charge is 0.381 e. The Hall–Kier alpha value is -0.910. The highest BCUT2D eigenvalue weighted by Crippen LogP contribution is 2.33. The first-order valence-corrected chi connectivity index (χ1v) is 9.56. The Morgan fingerprint density at radius 3 is 2.32 bits per heavy atom. The number of benzene rings is 1. The molecule has 1 N–H and O–H groups in total. The zero-order valence-corrected chi connectivity index (χ0v) is 14.5. The first kappa shape index (κ1) is 17.4. The number of ether oxygens (including phenoxy) is 1. The predicted octanol–water partition coefficient (Wildman–Crippen LogP) is 3.12. The minimum Gasteiger partial charge on any atom is -0.381 e. The van der Waals surface area contributed by atoms with E-state index in [9.17, 15) is 8.42 Å². The molecule has 1 fully saturated rings. The third-order valence-corrected chi connectivity index (χ3v) is 5.60. The van der Waals surface area contributed by atoms with Gasteiger partial charge in [0.2, 0.25) is 10.0 Å². The second-order valence-electron chi connectivity index (χ2n) is 7.16. The van der Waals surface area contributed by atoms with Crippen molar-refractivity contribution >= 4 is 10.0 Å². The van der Waals surface area contributed by atoms with Crippen LogP contribution in [-0.2, 0) is 14.8 Å². The van der Waals surface area contributed by atoms with Crippen LogP contribution in [0.1, 0.15) is 45.2 Å². The van der Waals surface area contributed by atoms with Crippen molar-refractivity contribution in [2.75, 3.05) is 19.0 Å². The van der Waals surface area contributed by atoms with Gasteiger partial charge in [-0.05, 0) is 29.7 Å². The topological polar surface area (TPSA) is 55.4 Å². The van der Waals surface area contributed by atoms with Crippen molar-refractivity contribution in [1.82, 2.24) is 4.72 Å². The summed E-state index contributed by atoms with van der Waals surface area (Å²) in [6, 6.07) is 9.57. The molecular weight excluding hydrogens is 298 g/mol. The molecule has 0 spiro atoms. The summed E-state index contributed by atoms with van der Waals surface area (Å²) in [6.45, 7) is 7.51. The molecule has 0 bridgehead atoms. The van der Waals surface area contributed by atoms with Crippen LogP contribution < -0.4 is 4.72 Å². The molecule has 5 heteroatoms. The lowest BCUT2D eigenvalue weighted by atomic mass is 9.83. The van der Waals surface area contributed by atoms with Crippen LogP contribution >= 0.6 is 0 Å². The first-order valence-electron chi connectivity index (χ1n) is 7.90. The van der Waals surface area contributed by atoms with Gasteiger partial charge in [-0.25, -0.2) is 13.1 Å². The average Bonchev–Trinajstić information content (AvgIpc) is 2.45. The third kappa shape index (κ3) is 5.07. The highest BCUT2D eigenvalue weighted by Gasteiger charge is 2.31. The summed E-state index contributed by atoms with van der Waals surface area (Å²) >= 11 is 0. The van der Waals surface area contributed by atoms with Gasteiger partial charge in [0, 0.05) is 13.2 Å². The van der Waals surface area contributed by atoms with Crippen molar-refractivity contribution < 1.29 is 13.2 Å². The lowest BCUT2D eigenvalue weighted by Gasteiger charge is -2.32. The molecule has 22 heavy (non-hydrogen) atoms. The van der Waals surface area contributed by atoms with E-state index < -0.39 is 10.0 Å². The number of rotatable bonds is 5. The Balaban J connectivity index is 2.12. The van der Waals surface area contributed by atoms with Crippen molar-refractivity contribution in [3.05, 3.63) is 35.9 Å². The summed E-state index contributed by atoms with van der Waals surface area (Å²) in [4.78, 5) is 0. The van der Waals surface area contributed by atoms with Gasteiger partial charge >= 0.3 is 0 Å². The van der Waals surface area contributed by atoms with Crippen molar-refractivity contribution in [2.24, 2.45) is 11.3 Å². The van der Waals surface area contributed by atoms with Crippen LogP contribution in [0, 0.1) is 11.3 Å². The van der Waals surface area contributed by atoms with Crippen molar-refractivity contribution in [2.45, 2.75) is 39.7 Å². The highest BCUT2D eigenvalue weighted by atomic mass is 32.2. The standard InChI is InChI=1S/C17H27NO3S/c1-17(2,3)16(15-7-5-4-6-8-15)18-22(19,20)13-14-9-11-21-12-10-14/h4-8,14,16,18H,9-13H2,1-3H3. The fourth-order valence-corrected chi connectivity index (χ4v) is 4.74. The molecule has 0 aromatic heterocycles. The maximum absolute atomic E-state index is 12.6. The lowest BCUT2D eigenvalue weighted by molar-refractivity contribution is 0.0722. The van der Waals surface area contributed by atoms with Gasteiger partial charge in [-0.3, -0.25) is 0 Å². The van der Waals surface area contributed by atoms with E-state index in [-0.39, 0.29) is 23.1 Å². The zero-order valence-electron chi connectivity index (χ0n) is 13.7. The second-order valence-corrected chi connectivity index (χ2v) is 8.96. The zero-order chi connectivity index (χ0) is 16.2. The SMILES string of the molecule is CC(C)(C)C(NS(=O)(=O)CC1CCOCC1)c1ccccc1. The summed E-state index contributed by atoms with van der Waals surface area (Å²) in [5.74, 6) is 0.387. The van der Waals surface area contributed by atoms with E-state index >= 15 is 0 Å². The first-order chi connectivity index (χ1) is 10.3. The minimum atomic E-state index is -3.32. The number of sulfonamides is 1. The molecule has 1 aromatic rings. The Bertz CT molecular complexity index is 557. The number of hydrogen-bond donors (Lipinski definition) is 1. The average molecular weight is 325 g/mol. The Kier molecular flexibility index (Phi) is 5.64. The monoisotopic (exact) mass is 325 g/mol. The summed E-state index contributed by atoms with van der Waals surface area (Å²) in [5, 5.41) is 0. The van der Waals surface area contributed by atoms with E-state index in [1.165, 1.54) is 0 Å². The van der Waals surface area contributed by atoms with Crippen molar-refractivity contribution in [3.8, 4) is 0 Å². The van der Waals surface area contributed by atoms with Gasteiger partial charge in [-0.1, -0.05) is 51.1 Å². The van der Waals surface area contributed by atoms with Gasteiger partial charge in [0.15, 0.2) is 0 Å². The summed E-state index contributed by atoms with van der Waals surface area (Å²) in [7, 11) is -3.32. The Morgan fingerprint density at radius 2 is 1.77 bits per heavy atom. The quantitative estimate of drug-likeness (QED) is 0.905. The molecular formula is C17H27NO3S. The molecule has 1 aromatic carbocycles. The molecule has 1 unspecified atom stereocenters. The van der Waals surface area contributed by atoms with E-state index in [1.54, 1.807) is 0 Å². The lowest BCUT2D eigenvalue weighted by Crippen LogP contribution is -2.39. The summed E-state index contributed by atoms with van der Waals surface area (Å²) in [6.07, 6.45) is 1.65. The number of hydrogen-bond acceptors (Lipinski definition) is 3. The fraction of sp³-hybridized carbons (Fsp3) is 0.647.